The molecule has 2 atom stereocenters. The van der Waals surface area contributed by atoms with E-state index in [1.54, 1.807) is 18.1 Å². The standard InChI is InChI=1S/C29H36ClN3O5S/c1-20(34)38-26-27(21-11-13-22(37-3)14-12-21)39-28-23(30)9-8-10-24(28)33(29(26)36)18-17-31(2)19-25(35)32-15-6-4-5-7-16-32/h8-14,26-27H,4-7,15-19H2,1-3H3. The van der Waals surface area contributed by atoms with Gasteiger partial charge in [0.1, 0.15) is 5.75 Å². The number of likely N-dealkylation sites (N-methyl/N-ethyl adjacent to an activating group) is 1. The third-order valence-electron chi connectivity index (χ3n) is 7.07. The van der Waals surface area contributed by atoms with Crippen molar-refractivity contribution in [2.24, 2.45) is 0 Å². The number of carbonyl (C=O) groups excluding carboxylic acids is 3. The van der Waals surface area contributed by atoms with Gasteiger partial charge in [-0.2, -0.15) is 0 Å². The molecule has 2 heterocycles. The van der Waals surface area contributed by atoms with E-state index in [0.717, 1.165) is 49.2 Å². The molecule has 0 saturated carbocycles. The smallest absolute Gasteiger partial charge is 0.303 e. The van der Waals surface area contributed by atoms with Crippen LogP contribution >= 0.6 is 23.4 Å². The van der Waals surface area contributed by atoms with Crippen LogP contribution in [0.5, 0.6) is 5.75 Å². The molecular formula is C29H36ClN3O5S. The SMILES string of the molecule is COc1ccc(C2Sc3c(Cl)cccc3N(CCN(C)CC(=O)N3CCCCCC3)C(=O)C2OC(C)=O)cc1. The van der Waals surface area contributed by atoms with Crippen molar-refractivity contribution in [1.29, 1.82) is 0 Å². The summed E-state index contributed by atoms with van der Waals surface area (Å²) in [4.78, 5) is 45.4. The van der Waals surface area contributed by atoms with Crippen molar-refractivity contribution in [3.8, 4) is 5.75 Å². The first-order valence-corrected chi connectivity index (χ1v) is 14.6. The van der Waals surface area contributed by atoms with Gasteiger partial charge in [0.05, 0.1) is 34.5 Å². The van der Waals surface area contributed by atoms with E-state index in [0.29, 0.717) is 29.5 Å². The molecule has 1 fully saturated rings. The predicted octanol–water partition coefficient (Wildman–Crippen LogP) is 4.79. The van der Waals surface area contributed by atoms with E-state index >= 15 is 0 Å². The van der Waals surface area contributed by atoms with E-state index < -0.39 is 17.3 Å². The molecule has 2 aromatic carbocycles. The van der Waals surface area contributed by atoms with Crippen LogP contribution in [0.1, 0.15) is 43.4 Å². The van der Waals surface area contributed by atoms with Crippen molar-refractivity contribution < 1.29 is 23.9 Å². The van der Waals surface area contributed by atoms with Crippen LogP contribution in [0.2, 0.25) is 5.02 Å². The van der Waals surface area contributed by atoms with E-state index in [9.17, 15) is 14.4 Å². The van der Waals surface area contributed by atoms with Crippen molar-refractivity contribution in [1.82, 2.24) is 9.80 Å². The van der Waals surface area contributed by atoms with Crippen molar-refractivity contribution >= 4 is 46.8 Å². The largest absolute Gasteiger partial charge is 0.497 e. The fourth-order valence-corrected chi connectivity index (χ4v) is 6.60. The van der Waals surface area contributed by atoms with Crippen LogP contribution in [0.4, 0.5) is 5.69 Å². The molecule has 2 amide bonds. The van der Waals surface area contributed by atoms with Gasteiger partial charge in [0, 0.05) is 33.1 Å². The van der Waals surface area contributed by atoms with E-state index in [2.05, 4.69) is 0 Å². The number of thioether (sulfide) groups is 1. The summed E-state index contributed by atoms with van der Waals surface area (Å²) < 4.78 is 11.0. The molecule has 39 heavy (non-hydrogen) atoms. The Morgan fingerprint density at radius 2 is 1.77 bits per heavy atom. The Morgan fingerprint density at radius 3 is 2.41 bits per heavy atom. The monoisotopic (exact) mass is 573 g/mol. The van der Waals surface area contributed by atoms with Crippen molar-refractivity contribution in [2.75, 3.05) is 51.8 Å². The third kappa shape index (κ3) is 7.26. The molecular weight excluding hydrogens is 538 g/mol. The lowest BCUT2D eigenvalue weighted by atomic mass is 10.1. The van der Waals surface area contributed by atoms with Crippen molar-refractivity contribution in [3.05, 3.63) is 53.1 Å². The maximum Gasteiger partial charge on any atom is 0.303 e. The number of methoxy groups -OCH3 is 1. The lowest BCUT2D eigenvalue weighted by Crippen LogP contribution is -2.46. The number of benzene rings is 2. The van der Waals surface area contributed by atoms with Gasteiger partial charge in [0.15, 0.2) is 6.10 Å². The Bertz CT molecular complexity index is 1170. The first-order valence-electron chi connectivity index (χ1n) is 13.3. The lowest BCUT2D eigenvalue weighted by molar-refractivity contribution is -0.152. The first kappa shape index (κ1) is 29.2. The quantitative estimate of drug-likeness (QED) is 0.420. The molecule has 0 radical (unpaired) electrons. The second-order valence-corrected chi connectivity index (χ2v) is 11.5. The summed E-state index contributed by atoms with van der Waals surface area (Å²) in [5.74, 6) is -0.0695. The van der Waals surface area contributed by atoms with E-state index in [1.165, 1.54) is 18.7 Å². The highest BCUT2D eigenvalue weighted by molar-refractivity contribution is 8.00. The molecule has 0 spiro atoms. The minimum Gasteiger partial charge on any atom is -0.497 e. The number of esters is 1. The zero-order valence-electron chi connectivity index (χ0n) is 22.7. The molecule has 4 rings (SSSR count). The number of nitrogens with zero attached hydrogens (tertiary/aromatic N) is 3. The van der Waals surface area contributed by atoms with Gasteiger partial charge in [-0.05, 0) is 49.7 Å². The van der Waals surface area contributed by atoms with Gasteiger partial charge in [-0.15, -0.1) is 11.8 Å². The second kappa shape index (κ2) is 13.5. The molecule has 210 valence electrons. The number of hydrogen-bond acceptors (Lipinski definition) is 7. The molecule has 2 aromatic rings. The summed E-state index contributed by atoms with van der Waals surface area (Å²) in [5.41, 5.74) is 1.48. The Kier molecular flexibility index (Phi) is 10.2. The first-order chi connectivity index (χ1) is 18.8. The van der Waals surface area contributed by atoms with Gasteiger partial charge in [-0.3, -0.25) is 19.3 Å². The molecule has 0 aromatic heterocycles. The number of fused-ring (bicyclic) bond motifs is 1. The molecule has 1 saturated heterocycles. The number of amides is 2. The number of hydrogen-bond donors (Lipinski definition) is 0. The Morgan fingerprint density at radius 1 is 1.08 bits per heavy atom. The molecule has 2 aliphatic rings. The predicted molar refractivity (Wildman–Crippen MR) is 153 cm³/mol. The highest BCUT2D eigenvalue weighted by Crippen LogP contribution is 2.49. The third-order valence-corrected chi connectivity index (χ3v) is 8.94. The summed E-state index contributed by atoms with van der Waals surface area (Å²) >= 11 is 8.07. The zero-order valence-corrected chi connectivity index (χ0v) is 24.3. The fraction of sp³-hybridized carbons (Fsp3) is 0.483. The summed E-state index contributed by atoms with van der Waals surface area (Å²) in [6.07, 6.45) is 3.35. The number of likely N-dealkylation sites (tertiary alicyclic amines) is 1. The van der Waals surface area contributed by atoms with Gasteiger partial charge in [-0.25, -0.2) is 0 Å². The number of halogens is 1. The summed E-state index contributed by atoms with van der Waals surface area (Å²) in [6, 6.07) is 12.8. The van der Waals surface area contributed by atoms with Gasteiger partial charge in [-0.1, -0.05) is 42.6 Å². The highest BCUT2D eigenvalue weighted by atomic mass is 35.5. The minimum absolute atomic E-state index is 0.109. The van der Waals surface area contributed by atoms with Crippen LogP contribution in [-0.4, -0.2) is 80.6 Å². The number of carbonyl (C=O) groups is 3. The van der Waals surface area contributed by atoms with Gasteiger partial charge >= 0.3 is 5.97 Å². The minimum atomic E-state index is -1.06. The van der Waals surface area contributed by atoms with Crippen LogP contribution in [-0.2, 0) is 19.1 Å². The van der Waals surface area contributed by atoms with Crippen molar-refractivity contribution in [2.45, 2.75) is 48.9 Å². The molecule has 0 aliphatic carbocycles. The lowest BCUT2D eigenvalue weighted by Gasteiger charge is -2.29. The number of ether oxygens (including phenoxy) is 2. The van der Waals surface area contributed by atoms with E-state index in [1.807, 2.05) is 53.2 Å². The van der Waals surface area contributed by atoms with Crippen LogP contribution in [0, 0.1) is 0 Å². The average molecular weight is 574 g/mol. The van der Waals surface area contributed by atoms with E-state index in [4.69, 9.17) is 21.1 Å². The topological polar surface area (TPSA) is 79.4 Å². The Labute approximate surface area is 239 Å². The second-order valence-electron chi connectivity index (χ2n) is 9.95. The highest BCUT2D eigenvalue weighted by Gasteiger charge is 2.41. The maximum absolute atomic E-state index is 14.1. The molecule has 8 nitrogen and oxygen atoms in total. The van der Waals surface area contributed by atoms with Crippen molar-refractivity contribution in [3.63, 3.8) is 0 Å². The molecule has 0 bridgehead atoms. The van der Waals surface area contributed by atoms with E-state index in [-0.39, 0.29) is 18.4 Å². The maximum atomic E-state index is 14.1. The normalized spacial score (nSPS) is 19.8. The Balaban J connectivity index is 1.58. The van der Waals surface area contributed by atoms with Crippen LogP contribution in [0.3, 0.4) is 0 Å². The van der Waals surface area contributed by atoms with Crippen LogP contribution < -0.4 is 9.64 Å². The summed E-state index contributed by atoms with van der Waals surface area (Å²) in [5, 5.41) is 0.000262. The molecule has 10 heteroatoms. The van der Waals surface area contributed by atoms with Gasteiger partial charge in [0.25, 0.3) is 5.91 Å². The summed E-state index contributed by atoms with van der Waals surface area (Å²) in [6.45, 7) is 3.96. The Hall–Kier alpha value is -2.75. The number of rotatable bonds is 8. The van der Waals surface area contributed by atoms with Gasteiger partial charge < -0.3 is 19.3 Å². The number of anilines is 1. The van der Waals surface area contributed by atoms with Gasteiger partial charge in [0.2, 0.25) is 5.91 Å². The fourth-order valence-electron chi connectivity index (χ4n) is 4.98. The molecule has 2 unspecified atom stereocenters. The summed E-state index contributed by atoms with van der Waals surface area (Å²) in [7, 11) is 3.47. The molecule has 0 N–H and O–H groups in total. The van der Waals surface area contributed by atoms with Crippen LogP contribution in [0.25, 0.3) is 0 Å². The average Bonchev–Trinajstić information content (AvgIpc) is 3.26. The zero-order chi connectivity index (χ0) is 27.9. The van der Waals surface area contributed by atoms with Crippen LogP contribution in [0.15, 0.2) is 47.4 Å². The molecule has 2 aliphatic heterocycles.